The molecule has 2 aromatic rings. The van der Waals surface area contributed by atoms with Gasteiger partial charge in [-0.15, -0.1) is 0 Å². The van der Waals surface area contributed by atoms with Crippen molar-refractivity contribution < 1.29 is 13.2 Å². The highest BCUT2D eigenvalue weighted by atomic mass is 32.2. The lowest BCUT2D eigenvalue weighted by Gasteiger charge is -2.35. The fraction of sp³-hybridized carbons (Fsp3) is 0.435. The van der Waals surface area contributed by atoms with Gasteiger partial charge in [0.1, 0.15) is 0 Å². The molecule has 1 fully saturated rings. The first kappa shape index (κ1) is 20.1. The molecule has 0 spiro atoms. The van der Waals surface area contributed by atoms with Crippen molar-refractivity contribution in [3.8, 4) is 0 Å². The summed E-state index contributed by atoms with van der Waals surface area (Å²) < 4.78 is 27.2. The smallest absolute Gasteiger partial charge is 0.243 e. The van der Waals surface area contributed by atoms with Crippen LogP contribution in [0.3, 0.4) is 0 Å². The summed E-state index contributed by atoms with van der Waals surface area (Å²) in [6, 6.07) is 15.1. The van der Waals surface area contributed by atoms with E-state index in [1.807, 2.05) is 23.1 Å². The molecule has 1 amide bonds. The number of anilines is 1. The Hall–Kier alpha value is -2.18. The third-order valence-corrected chi connectivity index (χ3v) is 7.94. The minimum Gasteiger partial charge on any atom is -0.309 e. The molecule has 1 atom stereocenters. The fourth-order valence-electron chi connectivity index (χ4n) is 4.36. The van der Waals surface area contributed by atoms with E-state index < -0.39 is 10.0 Å². The third kappa shape index (κ3) is 4.09. The second kappa shape index (κ2) is 8.28. The van der Waals surface area contributed by atoms with Gasteiger partial charge in [-0.05, 0) is 61.9 Å². The minimum atomic E-state index is -3.44. The zero-order chi connectivity index (χ0) is 20.4. The molecule has 6 heteroatoms. The van der Waals surface area contributed by atoms with Crippen molar-refractivity contribution in [1.82, 2.24) is 4.31 Å². The van der Waals surface area contributed by atoms with Gasteiger partial charge < -0.3 is 4.90 Å². The topological polar surface area (TPSA) is 57.7 Å². The second-order valence-electron chi connectivity index (χ2n) is 8.07. The highest BCUT2D eigenvalue weighted by molar-refractivity contribution is 7.89. The number of benzene rings is 2. The Morgan fingerprint density at radius 1 is 1.00 bits per heavy atom. The molecule has 0 bridgehead atoms. The maximum Gasteiger partial charge on any atom is 0.243 e. The molecule has 0 radical (unpaired) electrons. The largest absolute Gasteiger partial charge is 0.309 e. The van der Waals surface area contributed by atoms with Gasteiger partial charge in [-0.25, -0.2) is 8.42 Å². The van der Waals surface area contributed by atoms with Crippen LogP contribution >= 0.6 is 0 Å². The maximum atomic E-state index is 13.1. The number of fused-ring (bicyclic) bond motifs is 1. The number of aryl methyl sites for hydroxylation is 1. The van der Waals surface area contributed by atoms with Crippen molar-refractivity contribution in [2.75, 3.05) is 18.0 Å². The first-order valence-electron chi connectivity index (χ1n) is 10.5. The predicted molar refractivity (Wildman–Crippen MR) is 114 cm³/mol. The Bertz CT molecular complexity index is 979. The summed E-state index contributed by atoms with van der Waals surface area (Å²) in [6.45, 7) is 3.27. The Morgan fingerprint density at radius 2 is 1.69 bits per heavy atom. The molecule has 2 aromatic carbocycles. The van der Waals surface area contributed by atoms with Crippen molar-refractivity contribution in [2.24, 2.45) is 0 Å². The number of carbonyl (C=O) groups is 1. The molecule has 1 unspecified atom stereocenters. The number of hydrogen-bond acceptors (Lipinski definition) is 3. The zero-order valence-corrected chi connectivity index (χ0v) is 17.7. The molecule has 29 heavy (non-hydrogen) atoms. The monoisotopic (exact) mass is 412 g/mol. The van der Waals surface area contributed by atoms with E-state index >= 15 is 0 Å². The zero-order valence-electron chi connectivity index (χ0n) is 16.9. The van der Waals surface area contributed by atoms with E-state index in [0.717, 1.165) is 43.4 Å². The minimum absolute atomic E-state index is 0.0521. The molecular weight excluding hydrogens is 384 g/mol. The van der Waals surface area contributed by atoms with Crippen molar-refractivity contribution in [1.29, 1.82) is 0 Å². The molecule has 0 aliphatic carbocycles. The Morgan fingerprint density at radius 3 is 2.41 bits per heavy atom. The van der Waals surface area contributed by atoms with Crippen LogP contribution in [0, 0.1) is 0 Å². The molecule has 5 nitrogen and oxygen atoms in total. The number of sulfonamides is 1. The quantitative estimate of drug-likeness (QED) is 0.768. The van der Waals surface area contributed by atoms with Crippen LogP contribution in [-0.2, 0) is 27.7 Å². The van der Waals surface area contributed by atoms with Crippen LogP contribution in [0.4, 0.5) is 5.69 Å². The van der Waals surface area contributed by atoms with Gasteiger partial charge in [-0.3, -0.25) is 4.79 Å². The van der Waals surface area contributed by atoms with Gasteiger partial charge in [-0.2, -0.15) is 4.31 Å². The van der Waals surface area contributed by atoms with Crippen molar-refractivity contribution >= 4 is 21.6 Å². The average molecular weight is 413 g/mol. The molecule has 154 valence electrons. The molecule has 2 aliphatic heterocycles. The second-order valence-corrected chi connectivity index (χ2v) is 10.0. The SMILES string of the molecule is CC1CCc2ccccc2N1C(=O)Cc1ccc(S(=O)(=O)N2CCCCC2)cc1. The molecule has 1 saturated heterocycles. The van der Waals surface area contributed by atoms with E-state index in [2.05, 4.69) is 13.0 Å². The lowest BCUT2D eigenvalue weighted by molar-refractivity contribution is -0.118. The first-order chi connectivity index (χ1) is 14.0. The molecule has 4 rings (SSSR count). The van der Waals surface area contributed by atoms with E-state index in [-0.39, 0.29) is 18.4 Å². The van der Waals surface area contributed by atoms with Gasteiger partial charge in [0.15, 0.2) is 0 Å². The van der Waals surface area contributed by atoms with Gasteiger partial charge >= 0.3 is 0 Å². The van der Waals surface area contributed by atoms with Crippen molar-refractivity contribution in [3.05, 3.63) is 59.7 Å². The molecular formula is C23H28N2O3S. The summed E-state index contributed by atoms with van der Waals surface area (Å²) in [5, 5.41) is 0. The van der Waals surface area contributed by atoms with Crippen LogP contribution in [0.25, 0.3) is 0 Å². The number of para-hydroxylation sites is 1. The number of amides is 1. The summed E-state index contributed by atoms with van der Waals surface area (Å²) in [5.41, 5.74) is 3.05. The summed E-state index contributed by atoms with van der Waals surface area (Å²) in [7, 11) is -3.44. The lowest BCUT2D eigenvalue weighted by atomic mass is 9.96. The molecule has 0 N–H and O–H groups in total. The molecule has 0 saturated carbocycles. The fourth-order valence-corrected chi connectivity index (χ4v) is 5.88. The van der Waals surface area contributed by atoms with E-state index in [0.29, 0.717) is 18.0 Å². The van der Waals surface area contributed by atoms with Crippen LogP contribution in [-0.4, -0.2) is 37.8 Å². The number of nitrogens with zero attached hydrogens (tertiary/aromatic N) is 2. The van der Waals surface area contributed by atoms with Crippen LogP contribution in [0.5, 0.6) is 0 Å². The van der Waals surface area contributed by atoms with E-state index in [9.17, 15) is 13.2 Å². The third-order valence-electron chi connectivity index (χ3n) is 6.02. The van der Waals surface area contributed by atoms with Crippen molar-refractivity contribution in [3.63, 3.8) is 0 Å². The lowest BCUT2D eigenvalue weighted by Crippen LogP contribution is -2.42. The summed E-state index contributed by atoms with van der Waals surface area (Å²) in [4.78, 5) is 15.3. The number of piperidine rings is 1. The normalized spacial score (nSPS) is 20.3. The van der Waals surface area contributed by atoms with Crippen LogP contribution in [0.2, 0.25) is 0 Å². The van der Waals surface area contributed by atoms with Gasteiger partial charge in [0.2, 0.25) is 15.9 Å². The first-order valence-corrected chi connectivity index (χ1v) is 11.9. The highest BCUT2D eigenvalue weighted by Gasteiger charge is 2.28. The van der Waals surface area contributed by atoms with E-state index in [1.165, 1.54) is 5.56 Å². The Labute approximate surface area is 173 Å². The van der Waals surface area contributed by atoms with Gasteiger partial charge in [0.05, 0.1) is 11.3 Å². The van der Waals surface area contributed by atoms with E-state index in [4.69, 9.17) is 0 Å². The van der Waals surface area contributed by atoms with Crippen LogP contribution < -0.4 is 4.90 Å². The number of hydrogen-bond donors (Lipinski definition) is 0. The predicted octanol–water partition coefficient (Wildman–Crippen LogP) is 3.77. The summed E-state index contributed by atoms with van der Waals surface area (Å²) in [5.74, 6) is 0.0521. The number of carbonyl (C=O) groups excluding carboxylic acids is 1. The Kier molecular flexibility index (Phi) is 5.74. The molecule has 2 aliphatic rings. The van der Waals surface area contributed by atoms with E-state index in [1.54, 1.807) is 28.6 Å². The highest BCUT2D eigenvalue weighted by Crippen LogP contribution is 2.31. The molecule has 2 heterocycles. The summed E-state index contributed by atoms with van der Waals surface area (Å²) >= 11 is 0. The number of rotatable bonds is 4. The van der Waals surface area contributed by atoms with Crippen molar-refractivity contribution in [2.45, 2.75) is 56.4 Å². The Balaban J connectivity index is 1.50. The van der Waals surface area contributed by atoms with Crippen LogP contribution in [0.15, 0.2) is 53.4 Å². The molecule has 0 aromatic heterocycles. The standard InChI is InChI=1S/C23H28N2O3S/c1-18-9-12-20-7-3-4-8-22(20)25(18)23(26)17-19-10-13-21(14-11-19)29(27,28)24-15-5-2-6-16-24/h3-4,7-8,10-11,13-14,18H,2,5-6,9,12,15-17H2,1H3. The van der Waals surface area contributed by atoms with Gasteiger partial charge in [-0.1, -0.05) is 36.8 Å². The van der Waals surface area contributed by atoms with Gasteiger partial charge in [0, 0.05) is 24.8 Å². The van der Waals surface area contributed by atoms with Crippen LogP contribution in [0.1, 0.15) is 43.7 Å². The summed E-state index contributed by atoms with van der Waals surface area (Å²) in [6.07, 6.45) is 5.14. The maximum absolute atomic E-state index is 13.1. The average Bonchev–Trinajstić information content (AvgIpc) is 2.74. The van der Waals surface area contributed by atoms with Gasteiger partial charge in [0.25, 0.3) is 0 Å².